The predicted molar refractivity (Wildman–Crippen MR) is 86.4 cm³/mol. The zero-order valence-corrected chi connectivity index (χ0v) is 13.8. The van der Waals surface area contributed by atoms with Crippen LogP contribution >= 0.6 is 0 Å². The molecular weight excluding hydrogens is 334 g/mol. The number of hydrogen-bond acceptors (Lipinski definition) is 6. The molecule has 24 heavy (non-hydrogen) atoms. The van der Waals surface area contributed by atoms with Crippen molar-refractivity contribution in [1.82, 2.24) is 0 Å². The van der Waals surface area contributed by atoms with Crippen LogP contribution in [0, 0.1) is 0 Å². The zero-order chi connectivity index (χ0) is 17.7. The maximum atomic E-state index is 12.5. The molecule has 7 nitrogen and oxygen atoms in total. The molecule has 8 heteroatoms. The number of methoxy groups -OCH3 is 2. The number of nitrogens with one attached hydrogen (secondary N) is 1. The fraction of sp³-hybridized carbons (Fsp3) is 0.125. The number of anilines is 1. The van der Waals surface area contributed by atoms with Crippen molar-refractivity contribution in [2.24, 2.45) is 0 Å². The quantitative estimate of drug-likeness (QED) is 0.830. The van der Waals surface area contributed by atoms with Crippen molar-refractivity contribution in [2.75, 3.05) is 18.9 Å². The monoisotopic (exact) mass is 349 g/mol. The summed E-state index contributed by atoms with van der Waals surface area (Å²) in [4.78, 5) is 22.9. The van der Waals surface area contributed by atoms with Gasteiger partial charge in [-0.3, -0.25) is 4.72 Å². The first-order valence-corrected chi connectivity index (χ1v) is 8.26. The van der Waals surface area contributed by atoms with E-state index in [0.29, 0.717) is 0 Å². The van der Waals surface area contributed by atoms with E-state index >= 15 is 0 Å². The molecule has 0 bridgehead atoms. The first-order chi connectivity index (χ1) is 11.4. The van der Waals surface area contributed by atoms with Gasteiger partial charge in [-0.1, -0.05) is 12.1 Å². The highest BCUT2D eigenvalue weighted by Gasteiger charge is 2.22. The molecule has 0 amide bonds. The first-order valence-electron chi connectivity index (χ1n) is 6.77. The Kier molecular flexibility index (Phi) is 5.20. The minimum Gasteiger partial charge on any atom is -0.465 e. The lowest BCUT2D eigenvalue weighted by Gasteiger charge is -2.11. The Morgan fingerprint density at radius 2 is 1.46 bits per heavy atom. The molecule has 0 aromatic heterocycles. The third kappa shape index (κ3) is 3.72. The summed E-state index contributed by atoms with van der Waals surface area (Å²) in [6, 6.07) is 11.4. The van der Waals surface area contributed by atoms with E-state index in [1.807, 2.05) is 0 Å². The van der Waals surface area contributed by atoms with Gasteiger partial charge in [0.1, 0.15) is 4.90 Å². The van der Waals surface area contributed by atoms with E-state index in [-0.39, 0.29) is 21.7 Å². The maximum Gasteiger partial charge on any atom is 0.339 e. The smallest absolute Gasteiger partial charge is 0.339 e. The van der Waals surface area contributed by atoms with Crippen molar-refractivity contribution in [3.8, 4) is 0 Å². The van der Waals surface area contributed by atoms with Gasteiger partial charge in [-0.05, 0) is 36.4 Å². The SMILES string of the molecule is COC(=O)c1ccc(NS(=O)(=O)c2ccccc2C(=O)OC)cc1. The third-order valence-electron chi connectivity index (χ3n) is 3.14. The summed E-state index contributed by atoms with van der Waals surface area (Å²) in [5.74, 6) is -1.28. The molecular formula is C16H15NO6S. The number of ether oxygens (including phenoxy) is 2. The van der Waals surface area contributed by atoms with Crippen molar-refractivity contribution in [3.05, 3.63) is 59.7 Å². The summed E-state index contributed by atoms with van der Waals surface area (Å²) in [5.41, 5.74) is 0.455. The molecule has 1 N–H and O–H groups in total. The van der Waals surface area contributed by atoms with Crippen LogP contribution in [-0.2, 0) is 19.5 Å². The second-order valence-corrected chi connectivity index (χ2v) is 6.31. The van der Waals surface area contributed by atoms with Crippen molar-refractivity contribution in [3.63, 3.8) is 0 Å². The van der Waals surface area contributed by atoms with Crippen molar-refractivity contribution in [2.45, 2.75) is 4.90 Å². The number of rotatable bonds is 5. The fourth-order valence-electron chi connectivity index (χ4n) is 1.98. The summed E-state index contributed by atoms with van der Waals surface area (Å²) < 4.78 is 36.5. The molecule has 2 rings (SSSR count). The van der Waals surface area contributed by atoms with E-state index in [1.54, 1.807) is 0 Å². The Hall–Kier alpha value is -2.87. The minimum atomic E-state index is -4.00. The molecule has 0 saturated carbocycles. The van der Waals surface area contributed by atoms with Gasteiger partial charge in [0, 0.05) is 5.69 Å². The summed E-state index contributed by atoms with van der Waals surface area (Å²) in [5, 5.41) is 0. The second kappa shape index (κ2) is 7.14. The van der Waals surface area contributed by atoms with Crippen LogP contribution in [0.5, 0.6) is 0 Å². The van der Waals surface area contributed by atoms with Gasteiger partial charge in [0.05, 0.1) is 25.3 Å². The molecule has 0 saturated heterocycles. The Bertz CT molecular complexity index is 858. The molecule has 0 unspecified atom stereocenters. The Morgan fingerprint density at radius 1 is 0.875 bits per heavy atom. The average molecular weight is 349 g/mol. The highest BCUT2D eigenvalue weighted by atomic mass is 32.2. The van der Waals surface area contributed by atoms with E-state index in [4.69, 9.17) is 0 Å². The normalized spacial score (nSPS) is 10.8. The Labute approximate surface area is 139 Å². The molecule has 0 aliphatic carbocycles. The molecule has 126 valence electrons. The van der Waals surface area contributed by atoms with Crippen molar-refractivity contribution in [1.29, 1.82) is 0 Å². The van der Waals surface area contributed by atoms with Gasteiger partial charge in [-0.2, -0.15) is 0 Å². The number of hydrogen-bond donors (Lipinski definition) is 1. The number of carbonyl (C=O) groups excluding carboxylic acids is 2. The van der Waals surface area contributed by atoms with Crippen LogP contribution in [0.2, 0.25) is 0 Å². The van der Waals surface area contributed by atoms with Gasteiger partial charge in [0.2, 0.25) is 0 Å². The van der Waals surface area contributed by atoms with Crippen LogP contribution in [0.1, 0.15) is 20.7 Å². The van der Waals surface area contributed by atoms with Gasteiger partial charge in [-0.25, -0.2) is 18.0 Å². The zero-order valence-electron chi connectivity index (χ0n) is 13.0. The van der Waals surface area contributed by atoms with Crippen LogP contribution in [0.25, 0.3) is 0 Å². The molecule has 0 fully saturated rings. The minimum absolute atomic E-state index is 0.0707. The van der Waals surface area contributed by atoms with Gasteiger partial charge < -0.3 is 9.47 Å². The van der Waals surface area contributed by atoms with Gasteiger partial charge in [0.25, 0.3) is 10.0 Å². The Morgan fingerprint density at radius 3 is 2.04 bits per heavy atom. The van der Waals surface area contributed by atoms with E-state index in [0.717, 1.165) is 0 Å². The summed E-state index contributed by atoms with van der Waals surface area (Å²) in [6.07, 6.45) is 0. The lowest BCUT2D eigenvalue weighted by Crippen LogP contribution is -2.17. The highest BCUT2D eigenvalue weighted by Crippen LogP contribution is 2.21. The van der Waals surface area contributed by atoms with E-state index in [1.165, 1.54) is 62.8 Å². The number of benzene rings is 2. The number of sulfonamides is 1. The Balaban J connectivity index is 2.33. The van der Waals surface area contributed by atoms with E-state index < -0.39 is 22.0 Å². The van der Waals surface area contributed by atoms with Crippen LogP contribution < -0.4 is 4.72 Å². The van der Waals surface area contributed by atoms with E-state index in [2.05, 4.69) is 14.2 Å². The molecule has 0 atom stereocenters. The molecule has 0 aliphatic heterocycles. The lowest BCUT2D eigenvalue weighted by atomic mass is 10.2. The molecule has 0 spiro atoms. The first kappa shape index (κ1) is 17.5. The molecule has 0 heterocycles. The van der Waals surface area contributed by atoms with E-state index in [9.17, 15) is 18.0 Å². The molecule has 2 aromatic carbocycles. The maximum absolute atomic E-state index is 12.5. The molecule has 0 aliphatic rings. The second-order valence-electron chi connectivity index (χ2n) is 4.66. The summed E-state index contributed by atoms with van der Waals surface area (Å²) in [6.45, 7) is 0. The standard InChI is InChI=1S/C16H15NO6S/c1-22-15(18)11-7-9-12(10-8-11)17-24(20,21)14-6-4-3-5-13(14)16(19)23-2/h3-10,17H,1-2H3. The highest BCUT2D eigenvalue weighted by molar-refractivity contribution is 7.92. The predicted octanol–water partition coefficient (Wildman–Crippen LogP) is 2.06. The van der Waals surface area contributed by atoms with Crippen LogP contribution in [0.15, 0.2) is 53.4 Å². The largest absolute Gasteiger partial charge is 0.465 e. The average Bonchev–Trinajstić information content (AvgIpc) is 2.60. The van der Waals surface area contributed by atoms with Crippen LogP contribution in [-0.4, -0.2) is 34.6 Å². The van der Waals surface area contributed by atoms with Gasteiger partial charge in [-0.15, -0.1) is 0 Å². The van der Waals surface area contributed by atoms with Crippen molar-refractivity contribution < 1.29 is 27.5 Å². The van der Waals surface area contributed by atoms with Crippen LogP contribution in [0.4, 0.5) is 5.69 Å². The molecule has 2 aromatic rings. The van der Waals surface area contributed by atoms with Gasteiger partial charge in [0.15, 0.2) is 0 Å². The lowest BCUT2D eigenvalue weighted by molar-refractivity contribution is 0.0589. The molecule has 0 radical (unpaired) electrons. The number of esters is 2. The summed E-state index contributed by atoms with van der Waals surface area (Å²) in [7, 11) is -1.58. The van der Waals surface area contributed by atoms with Gasteiger partial charge >= 0.3 is 11.9 Å². The topological polar surface area (TPSA) is 98.8 Å². The fourth-order valence-corrected chi connectivity index (χ4v) is 3.24. The number of carbonyl (C=O) groups is 2. The van der Waals surface area contributed by atoms with Crippen molar-refractivity contribution >= 4 is 27.6 Å². The third-order valence-corrected chi connectivity index (χ3v) is 4.58. The van der Waals surface area contributed by atoms with Crippen LogP contribution in [0.3, 0.4) is 0 Å². The summed E-state index contributed by atoms with van der Waals surface area (Å²) >= 11 is 0.